The first-order valence-corrected chi connectivity index (χ1v) is 5.06. The van der Waals surface area contributed by atoms with Gasteiger partial charge < -0.3 is 0 Å². The van der Waals surface area contributed by atoms with Crippen molar-refractivity contribution in [1.29, 1.82) is 0 Å². The highest BCUT2D eigenvalue weighted by atomic mass is 16.1. The lowest BCUT2D eigenvalue weighted by Gasteiger charge is -2.31. The van der Waals surface area contributed by atoms with Crippen LogP contribution < -0.4 is 5.56 Å². The summed E-state index contributed by atoms with van der Waals surface area (Å²) in [6.07, 6.45) is 3.39. The number of hydrogen-bond donors (Lipinski definition) is 1. The van der Waals surface area contributed by atoms with Crippen molar-refractivity contribution in [2.24, 2.45) is 0 Å². The number of likely N-dealkylation sites (N-methyl/N-ethyl adjacent to an activating group) is 1. The molecule has 2 aliphatic heterocycles. The van der Waals surface area contributed by atoms with Crippen LogP contribution in [-0.4, -0.2) is 28.2 Å². The van der Waals surface area contributed by atoms with Gasteiger partial charge in [0.1, 0.15) is 0 Å². The van der Waals surface area contributed by atoms with Crippen molar-refractivity contribution in [3.05, 3.63) is 27.7 Å². The van der Waals surface area contributed by atoms with Crippen LogP contribution in [0.25, 0.3) is 0 Å². The first-order chi connectivity index (χ1) is 6.75. The molecular formula is C10H15N3O. The summed E-state index contributed by atoms with van der Waals surface area (Å²) in [5.41, 5.74) is 2.16. The third kappa shape index (κ3) is 0.973. The van der Waals surface area contributed by atoms with E-state index in [1.54, 1.807) is 6.07 Å². The fourth-order valence-electron chi connectivity index (χ4n) is 2.75. The van der Waals surface area contributed by atoms with Gasteiger partial charge in [0.05, 0.1) is 11.7 Å². The summed E-state index contributed by atoms with van der Waals surface area (Å²) < 4.78 is 0. The molecule has 0 saturated carbocycles. The van der Waals surface area contributed by atoms with Gasteiger partial charge in [0.15, 0.2) is 0 Å². The molecule has 2 atom stereocenters. The Morgan fingerprint density at radius 3 is 3.36 bits per heavy atom. The molecule has 2 aliphatic rings. The number of H-pyrrole nitrogens is 1. The first kappa shape index (κ1) is 8.17. The number of hydrogen-bond acceptors (Lipinski definition) is 3. The van der Waals surface area contributed by atoms with Crippen molar-refractivity contribution < 1.29 is 1.43 Å². The third-order valence-corrected chi connectivity index (χ3v) is 3.53. The standard InChI is InChI=1S/C10H13N3O.H2/c1-13-7-2-3-8(13)10-6(4-7)5-9(14)11-12-10;/h5,7-8H,2-4H2,1H3,(H,11,14);1H/t7-,8+;/m0./s1. The number of nitrogens with one attached hydrogen (secondary N) is 1. The van der Waals surface area contributed by atoms with E-state index >= 15 is 0 Å². The van der Waals surface area contributed by atoms with Crippen LogP contribution in [0.2, 0.25) is 0 Å². The Morgan fingerprint density at radius 2 is 2.50 bits per heavy atom. The van der Waals surface area contributed by atoms with Gasteiger partial charge >= 0.3 is 0 Å². The van der Waals surface area contributed by atoms with Crippen LogP contribution >= 0.6 is 0 Å². The molecule has 4 heteroatoms. The maximum absolute atomic E-state index is 11.1. The van der Waals surface area contributed by atoms with Gasteiger partial charge in [0, 0.05) is 13.5 Å². The number of nitrogens with zero attached hydrogens (tertiary/aromatic N) is 2. The Morgan fingerprint density at radius 1 is 1.64 bits per heavy atom. The summed E-state index contributed by atoms with van der Waals surface area (Å²) >= 11 is 0. The molecule has 1 aromatic heterocycles. The van der Waals surface area contributed by atoms with Gasteiger partial charge in [0.25, 0.3) is 5.56 Å². The highest BCUT2D eigenvalue weighted by Crippen LogP contribution is 2.40. The molecule has 1 fully saturated rings. The predicted octanol–water partition coefficient (Wildman–Crippen LogP) is 0.707. The van der Waals surface area contributed by atoms with Crippen molar-refractivity contribution in [2.75, 3.05) is 7.05 Å². The fraction of sp³-hybridized carbons (Fsp3) is 0.600. The minimum absolute atomic E-state index is 0. The SMILES string of the molecule is CN1[C@H]2CC[C@@H]1c1n[nH]c(=O)cc1C2.[HH]. The van der Waals surface area contributed by atoms with Gasteiger partial charge in [0.2, 0.25) is 0 Å². The molecule has 14 heavy (non-hydrogen) atoms. The lowest BCUT2D eigenvalue weighted by molar-refractivity contribution is 0.218. The van der Waals surface area contributed by atoms with Gasteiger partial charge in [-0.1, -0.05) is 0 Å². The first-order valence-electron chi connectivity index (χ1n) is 5.06. The monoisotopic (exact) mass is 193 g/mol. The van der Waals surface area contributed by atoms with Gasteiger partial charge in [-0.15, -0.1) is 0 Å². The topological polar surface area (TPSA) is 49.0 Å². The Hall–Kier alpha value is -1.16. The summed E-state index contributed by atoms with van der Waals surface area (Å²) in [6.45, 7) is 0. The number of rotatable bonds is 0. The minimum atomic E-state index is -0.0762. The molecule has 3 rings (SSSR count). The fourth-order valence-corrected chi connectivity index (χ4v) is 2.75. The Bertz CT molecular complexity index is 431. The second-order valence-corrected chi connectivity index (χ2v) is 4.26. The van der Waals surface area contributed by atoms with Crippen molar-refractivity contribution in [3.8, 4) is 0 Å². The largest absolute Gasteiger partial charge is 0.294 e. The summed E-state index contributed by atoms with van der Waals surface area (Å²) in [5.74, 6) is 0. The molecule has 2 bridgehead atoms. The van der Waals surface area contributed by atoms with Crippen LogP contribution in [0.5, 0.6) is 0 Å². The summed E-state index contributed by atoms with van der Waals surface area (Å²) in [5, 5.41) is 6.70. The van der Waals surface area contributed by atoms with E-state index in [0.29, 0.717) is 12.1 Å². The lowest BCUT2D eigenvalue weighted by atomic mass is 10.00. The second kappa shape index (κ2) is 2.67. The van der Waals surface area contributed by atoms with Crippen molar-refractivity contribution in [1.82, 2.24) is 15.1 Å². The van der Waals surface area contributed by atoms with Crippen molar-refractivity contribution >= 4 is 0 Å². The number of fused-ring (bicyclic) bond motifs is 4. The van der Waals surface area contributed by atoms with Crippen LogP contribution in [0.15, 0.2) is 10.9 Å². The van der Waals surface area contributed by atoms with Crippen molar-refractivity contribution in [2.45, 2.75) is 31.3 Å². The minimum Gasteiger partial charge on any atom is -0.294 e. The molecule has 0 aromatic carbocycles. The Kier molecular flexibility index (Phi) is 1.56. The number of aromatic nitrogens is 2. The van der Waals surface area contributed by atoms with E-state index in [-0.39, 0.29) is 6.99 Å². The Labute approximate surface area is 83.4 Å². The molecule has 0 unspecified atom stereocenters. The highest BCUT2D eigenvalue weighted by Gasteiger charge is 2.38. The molecule has 0 radical (unpaired) electrons. The molecule has 0 amide bonds. The molecule has 4 nitrogen and oxygen atoms in total. The molecule has 3 heterocycles. The molecule has 1 N–H and O–H groups in total. The van der Waals surface area contributed by atoms with E-state index in [1.165, 1.54) is 12.8 Å². The molecule has 76 valence electrons. The van der Waals surface area contributed by atoms with Crippen molar-refractivity contribution in [3.63, 3.8) is 0 Å². The smallest absolute Gasteiger partial charge is 0.264 e. The normalized spacial score (nSPS) is 30.4. The molecule has 0 spiro atoms. The molecular weight excluding hydrogens is 178 g/mol. The summed E-state index contributed by atoms with van der Waals surface area (Å²) in [6, 6.07) is 2.76. The van der Waals surface area contributed by atoms with Gasteiger partial charge in [-0.05, 0) is 31.9 Å². The van der Waals surface area contributed by atoms with E-state index in [1.807, 2.05) is 0 Å². The second-order valence-electron chi connectivity index (χ2n) is 4.26. The molecule has 0 aliphatic carbocycles. The van der Waals surface area contributed by atoms with Crippen LogP contribution in [0.4, 0.5) is 0 Å². The third-order valence-electron chi connectivity index (χ3n) is 3.53. The Balaban J connectivity index is 0.000000853. The van der Waals surface area contributed by atoms with E-state index in [9.17, 15) is 4.79 Å². The maximum Gasteiger partial charge on any atom is 0.264 e. The highest BCUT2D eigenvalue weighted by molar-refractivity contribution is 5.27. The van der Waals surface area contributed by atoms with E-state index in [4.69, 9.17) is 0 Å². The quantitative estimate of drug-likeness (QED) is 0.660. The lowest BCUT2D eigenvalue weighted by Crippen LogP contribution is -2.35. The molecule has 1 saturated heterocycles. The van der Waals surface area contributed by atoms with Crippen LogP contribution in [-0.2, 0) is 6.42 Å². The van der Waals surface area contributed by atoms with Gasteiger partial charge in [-0.2, -0.15) is 5.10 Å². The summed E-state index contributed by atoms with van der Waals surface area (Å²) in [7, 11) is 2.15. The zero-order valence-corrected chi connectivity index (χ0v) is 8.16. The zero-order chi connectivity index (χ0) is 9.71. The maximum atomic E-state index is 11.1. The van der Waals surface area contributed by atoms with E-state index < -0.39 is 0 Å². The average molecular weight is 193 g/mol. The predicted molar refractivity (Wildman–Crippen MR) is 54.2 cm³/mol. The average Bonchev–Trinajstić information content (AvgIpc) is 2.44. The van der Waals surface area contributed by atoms with Gasteiger partial charge in [-0.3, -0.25) is 9.69 Å². The summed E-state index contributed by atoms with van der Waals surface area (Å²) in [4.78, 5) is 13.5. The molecule has 1 aromatic rings. The van der Waals surface area contributed by atoms with E-state index in [2.05, 4.69) is 22.1 Å². The van der Waals surface area contributed by atoms with Gasteiger partial charge in [-0.25, -0.2) is 5.10 Å². The number of aromatic amines is 1. The zero-order valence-electron chi connectivity index (χ0n) is 8.16. The van der Waals surface area contributed by atoms with Crippen LogP contribution in [0, 0.1) is 0 Å². The van der Waals surface area contributed by atoms with Crippen LogP contribution in [0.1, 0.15) is 31.6 Å². The van der Waals surface area contributed by atoms with Crippen LogP contribution in [0.3, 0.4) is 0 Å². The van der Waals surface area contributed by atoms with E-state index in [0.717, 1.165) is 17.7 Å².